The summed E-state index contributed by atoms with van der Waals surface area (Å²) in [7, 11) is 0. The predicted octanol–water partition coefficient (Wildman–Crippen LogP) is 3.72. The van der Waals surface area contributed by atoms with Crippen molar-refractivity contribution in [1.29, 1.82) is 0 Å². The number of carbonyl (C=O) groups excluding carboxylic acids is 2. The highest BCUT2D eigenvalue weighted by Gasteiger charge is 2.40. The number of nitrogens with zero attached hydrogens (tertiary/aromatic N) is 3. The van der Waals surface area contributed by atoms with E-state index in [-0.39, 0.29) is 18.1 Å². The van der Waals surface area contributed by atoms with Gasteiger partial charge in [-0.1, -0.05) is 24.1 Å². The lowest BCUT2D eigenvalue weighted by Gasteiger charge is -2.20. The lowest BCUT2D eigenvalue weighted by molar-refractivity contribution is -0.143. The van der Waals surface area contributed by atoms with Crippen LogP contribution in [0.1, 0.15) is 53.7 Å². The summed E-state index contributed by atoms with van der Waals surface area (Å²) in [5.74, 6) is -0.736. The van der Waals surface area contributed by atoms with Crippen molar-refractivity contribution in [2.75, 3.05) is 19.6 Å². The minimum atomic E-state index is -4.74. The average molecular weight is 422 g/mol. The van der Waals surface area contributed by atoms with Crippen LogP contribution in [0.4, 0.5) is 13.2 Å². The van der Waals surface area contributed by atoms with Crippen LogP contribution in [0.5, 0.6) is 0 Å². The summed E-state index contributed by atoms with van der Waals surface area (Å²) in [5, 5.41) is 6.33. The molecule has 162 valence electrons. The van der Waals surface area contributed by atoms with Crippen LogP contribution in [-0.4, -0.2) is 46.1 Å². The van der Waals surface area contributed by atoms with Crippen LogP contribution in [0.3, 0.4) is 0 Å². The normalized spacial score (nSPS) is 15.2. The highest BCUT2D eigenvalue weighted by molar-refractivity contribution is 5.95. The molecule has 0 spiro atoms. The van der Waals surface area contributed by atoms with Crippen LogP contribution in [0.15, 0.2) is 30.5 Å². The topological polar surface area (TPSA) is 67.2 Å². The number of benzene rings is 1. The molecule has 0 radical (unpaired) electrons. The van der Waals surface area contributed by atoms with Crippen molar-refractivity contribution >= 4 is 11.8 Å². The van der Waals surface area contributed by atoms with Gasteiger partial charge in [0.2, 0.25) is 5.91 Å². The average Bonchev–Trinajstić information content (AvgIpc) is 3.05. The molecule has 1 aliphatic heterocycles. The zero-order valence-electron chi connectivity index (χ0n) is 16.8. The second-order valence-corrected chi connectivity index (χ2v) is 7.45. The van der Waals surface area contributed by atoms with Crippen LogP contribution in [-0.2, 0) is 11.0 Å². The van der Waals surface area contributed by atoms with Gasteiger partial charge in [-0.25, -0.2) is 4.68 Å². The van der Waals surface area contributed by atoms with E-state index < -0.39 is 23.3 Å². The maximum Gasteiger partial charge on any atom is 0.434 e. The molecule has 30 heavy (non-hydrogen) atoms. The standard InChI is InChI=1S/C21H25F3N4O2/c1-15-7-9-16(10-8-15)28-19(21(22,23)24)17(14-26-28)20(30)25-11-5-13-27-12-4-2-3-6-18(27)29/h7-10,14H,2-6,11-13H2,1H3,(H,25,30). The maximum absolute atomic E-state index is 13.7. The molecule has 1 N–H and O–H groups in total. The monoisotopic (exact) mass is 422 g/mol. The molecule has 2 amide bonds. The minimum absolute atomic E-state index is 0.0950. The van der Waals surface area contributed by atoms with Crippen molar-refractivity contribution in [3.8, 4) is 5.69 Å². The van der Waals surface area contributed by atoms with Crippen LogP contribution < -0.4 is 5.32 Å². The van der Waals surface area contributed by atoms with Crippen molar-refractivity contribution in [2.45, 2.75) is 45.2 Å². The third kappa shape index (κ3) is 5.20. The number of rotatable bonds is 6. The fraction of sp³-hybridized carbons (Fsp3) is 0.476. The first-order valence-electron chi connectivity index (χ1n) is 10.1. The number of likely N-dealkylation sites (tertiary alicyclic amines) is 1. The van der Waals surface area contributed by atoms with E-state index in [1.165, 1.54) is 12.1 Å². The molecule has 3 rings (SSSR count). The SMILES string of the molecule is Cc1ccc(-n2ncc(C(=O)NCCCN3CCCCCC3=O)c2C(F)(F)F)cc1. The lowest BCUT2D eigenvalue weighted by atomic mass is 10.2. The van der Waals surface area contributed by atoms with Crippen molar-refractivity contribution in [2.24, 2.45) is 0 Å². The highest BCUT2D eigenvalue weighted by Crippen LogP contribution is 2.33. The second-order valence-electron chi connectivity index (χ2n) is 7.45. The van der Waals surface area contributed by atoms with Gasteiger partial charge in [-0.15, -0.1) is 0 Å². The lowest BCUT2D eigenvalue weighted by Crippen LogP contribution is -2.34. The summed E-state index contributed by atoms with van der Waals surface area (Å²) in [6.07, 6.45) is 0.0555. The fourth-order valence-electron chi connectivity index (χ4n) is 3.51. The van der Waals surface area contributed by atoms with Gasteiger partial charge >= 0.3 is 6.18 Å². The minimum Gasteiger partial charge on any atom is -0.352 e. The zero-order valence-corrected chi connectivity index (χ0v) is 16.8. The number of carbonyl (C=O) groups is 2. The third-order valence-electron chi connectivity index (χ3n) is 5.12. The number of aryl methyl sites for hydroxylation is 1. The van der Waals surface area contributed by atoms with Crippen LogP contribution in [0.2, 0.25) is 0 Å². The Morgan fingerprint density at radius 2 is 1.90 bits per heavy atom. The molecule has 0 bridgehead atoms. The zero-order chi connectivity index (χ0) is 21.7. The number of alkyl halides is 3. The Bertz CT molecular complexity index is 891. The van der Waals surface area contributed by atoms with Crippen LogP contribution in [0.25, 0.3) is 5.69 Å². The number of amides is 2. The van der Waals surface area contributed by atoms with Crippen LogP contribution >= 0.6 is 0 Å². The summed E-state index contributed by atoms with van der Waals surface area (Å²) in [5.41, 5.74) is -0.493. The van der Waals surface area contributed by atoms with Gasteiger partial charge < -0.3 is 10.2 Å². The molecule has 0 atom stereocenters. The Balaban J connectivity index is 1.67. The summed E-state index contributed by atoms with van der Waals surface area (Å²) in [6.45, 7) is 3.17. The van der Waals surface area contributed by atoms with Crippen molar-refractivity contribution in [1.82, 2.24) is 20.0 Å². The molecule has 0 unspecified atom stereocenters. The quantitative estimate of drug-likeness (QED) is 0.722. The Morgan fingerprint density at radius 1 is 1.17 bits per heavy atom. The smallest absolute Gasteiger partial charge is 0.352 e. The summed E-state index contributed by atoms with van der Waals surface area (Å²) in [6, 6.07) is 6.41. The first kappa shape index (κ1) is 21.9. The van der Waals surface area contributed by atoms with E-state index in [9.17, 15) is 22.8 Å². The third-order valence-corrected chi connectivity index (χ3v) is 5.12. The van der Waals surface area contributed by atoms with Gasteiger partial charge in [0.1, 0.15) is 0 Å². The molecule has 0 aliphatic carbocycles. The molecule has 9 heteroatoms. The largest absolute Gasteiger partial charge is 0.434 e. The first-order chi connectivity index (χ1) is 14.3. The number of hydrogen-bond donors (Lipinski definition) is 1. The Labute approximate surface area is 173 Å². The first-order valence-corrected chi connectivity index (χ1v) is 10.1. The number of nitrogens with one attached hydrogen (secondary N) is 1. The van der Waals surface area contributed by atoms with Gasteiger partial charge in [-0.2, -0.15) is 18.3 Å². The van der Waals surface area contributed by atoms with Gasteiger partial charge in [0.05, 0.1) is 17.4 Å². The molecule has 2 aromatic rings. The number of halogens is 3. The maximum atomic E-state index is 13.7. The molecular formula is C21H25F3N4O2. The van der Waals surface area contributed by atoms with Crippen LogP contribution in [0, 0.1) is 6.92 Å². The van der Waals surface area contributed by atoms with Gasteiger partial charge in [0.25, 0.3) is 5.91 Å². The number of aromatic nitrogens is 2. The van der Waals surface area contributed by atoms with Crippen molar-refractivity contribution in [3.63, 3.8) is 0 Å². The van der Waals surface area contributed by atoms with Crippen molar-refractivity contribution < 1.29 is 22.8 Å². The van der Waals surface area contributed by atoms with E-state index in [1.54, 1.807) is 17.0 Å². The molecule has 1 saturated heterocycles. The molecule has 1 aromatic carbocycles. The van der Waals surface area contributed by atoms with E-state index in [4.69, 9.17) is 0 Å². The van der Waals surface area contributed by atoms with Gasteiger partial charge in [-0.3, -0.25) is 9.59 Å². The predicted molar refractivity (Wildman–Crippen MR) is 105 cm³/mol. The van der Waals surface area contributed by atoms with E-state index in [2.05, 4.69) is 10.4 Å². The summed E-state index contributed by atoms with van der Waals surface area (Å²) in [4.78, 5) is 26.2. The Morgan fingerprint density at radius 3 is 2.60 bits per heavy atom. The van der Waals surface area contributed by atoms with E-state index in [0.717, 1.165) is 35.7 Å². The molecule has 1 aromatic heterocycles. The van der Waals surface area contributed by atoms with Crippen molar-refractivity contribution in [3.05, 3.63) is 47.3 Å². The van der Waals surface area contributed by atoms with E-state index in [1.807, 2.05) is 6.92 Å². The number of hydrogen-bond acceptors (Lipinski definition) is 3. The van der Waals surface area contributed by atoms with Gasteiger partial charge in [0.15, 0.2) is 5.69 Å². The molecule has 1 aliphatic rings. The van der Waals surface area contributed by atoms with E-state index in [0.29, 0.717) is 25.9 Å². The molecule has 1 fully saturated rings. The summed E-state index contributed by atoms with van der Waals surface area (Å²) >= 11 is 0. The molecule has 6 nitrogen and oxygen atoms in total. The molecule has 2 heterocycles. The highest BCUT2D eigenvalue weighted by atomic mass is 19.4. The van der Waals surface area contributed by atoms with Gasteiger partial charge in [0, 0.05) is 26.1 Å². The Kier molecular flexibility index (Phi) is 6.79. The summed E-state index contributed by atoms with van der Waals surface area (Å²) < 4.78 is 41.8. The molecule has 0 saturated carbocycles. The second kappa shape index (κ2) is 9.32. The molecular weight excluding hydrogens is 397 g/mol. The van der Waals surface area contributed by atoms with E-state index >= 15 is 0 Å². The Hall–Kier alpha value is -2.84. The van der Waals surface area contributed by atoms with Gasteiger partial charge in [-0.05, 0) is 38.3 Å². The fourth-order valence-corrected chi connectivity index (χ4v) is 3.51.